The zero-order valence-corrected chi connectivity index (χ0v) is 9.39. The van der Waals surface area contributed by atoms with Gasteiger partial charge in [0.25, 0.3) is 0 Å². The Bertz CT molecular complexity index is 361. The second-order valence-electron chi connectivity index (χ2n) is 5.21. The second kappa shape index (κ2) is 3.31. The minimum atomic E-state index is -1.26. The molecule has 1 aliphatic rings. The first-order valence-corrected chi connectivity index (χ1v) is 5.46. The molecule has 0 bridgehead atoms. The quantitative estimate of drug-likeness (QED) is 0.810. The monoisotopic (exact) mass is 207 g/mol. The number of hydrogen-bond donors (Lipinski definition) is 1. The molecule has 0 heterocycles. The van der Waals surface area contributed by atoms with E-state index in [0.717, 1.165) is 30.4 Å². The van der Waals surface area contributed by atoms with E-state index in [9.17, 15) is 4.39 Å². The van der Waals surface area contributed by atoms with Crippen LogP contribution >= 0.6 is 0 Å². The summed E-state index contributed by atoms with van der Waals surface area (Å²) in [6.45, 7) is 3.17. The summed E-state index contributed by atoms with van der Waals surface area (Å²) in [5, 5.41) is 0. The molecule has 0 radical (unpaired) electrons. The van der Waals surface area contributed by atoms with Crippen LogP contribution in [0.25, 0.3) is 0 Å². The molecular formula is C13H18FN. The third kappa shape index (κ3) is 2.57. The SMILES string of the molecule is CC(C)(F)c1cccc(CC2(N)CC2)c1. The van der Waals surface area contributed by atoms with E-state index in [-0.39, 0.29) is 5.54 Å². The van der Waals surface area contributed by atoms with Crippen LogP contribution in [0.2, 0.25) is 0 Å². The smallest absolute Gasteiger partial charge is 0.130 e. The molecule has 1 aromatic rings. The van der Waals surface area contributed by atoms with Gasteiger partial charge in [-0.1, -0.05) is 24.3 Å². The molecule has 1 saturated carbocycles. The van der Waals surface area contributed by atoms with Crippen LogP contribution in [0, 0.1) is 0 Å². The number of rotatable bonds is 3. The van der Waals surface area contributed by atoms with Crippen molar-refractivity contribution in [2.75, 3.05) is 0 Å². The van der Waals surface area contributed by atoms with Gasteiger partial charge in [-0.15, -0.1) is 0 Å². The fourth-order valence-corrected chi connectivity index (χ4v) is 1.79. The van der Waals surface area contributed by atoms with Crippen molar-refractivity contribution in [2.24, 2.45) is 5.73 Å². The van der Waals surface area contributed by atoms with Gasteiger partial charge in [-0.3, -0.25) is 0 Å². The maximum absolute atomic E-state index is 13.7. The lowest BCUT2D eigenvalue weighted by atomic mass is 9.95. The van der Waals surface area contributed by atoms with Crippen molar-refractivity contribution in [3.63, 3.8) is 0 Å². The molecule has 0 aromatic heterocycles. The van der Waals surface area contributed by atoms with Crippen LogP contribution in [0.4, 0.5) is 4.39 Å². The van der Waals surface area contributed by atoms with Crippen molar-refractivity contribution in [1.29, 1.82) is 0 Å². The summed E-state index contributed by atoms with van der Waals surface area (Å²) in [6.07, 6.45) is 3.06. The topological polar surface area (TPSA) is 26.0 Å². The van der Waals surface area contributed by atoms with Gasteiger partial charge in [0.05, 0.1) is 0 Å². The average molecular weight is 207 g/mol. The van der Waals surface area contributed by atoms with Crippen LogP contribution < -0.4 is 5.73 Å². The predicted octanol–water partition coefficient (Wildman–Crippen LogP) is 2.93. The number of alkyl halides is 1. The van der Waals surface area contributed by atoms with Gasteiger partial charge < -0.3 is 5.73 Å². The van der Waals surface area contributed by atoms with Crippen LogP contribution in [0.1, 0.15) is 37.8 Å². The largest absolute Gasteiger partial charge is 0.325 e. The van der Waals surface area contributed by atoms with E-state index in [0.29, 0.717) is 0 Å². The first-order chi connectivity index (χ1) is 6.89. The molecule has 1 aromatic carbocycles. The van der Waals surface area contributed by atoms with Gasteiger partial charge >= 0.3 is 0 Å². The molecule has 0 spiro atoms. The lowest BCUT2D eigenvalue weighted by molar-refractivity contribution is 0.221. The highest BCUT2D eigenvalue weighted by atomic mass is 19.1. The summed E-state index contributed by atoms with van der Waals surface area (Å²) < 4.78 is 13.7. The standard InChI is InChI=1S/C13H18FN/c1-12(2,14)11-5-3-4-10(8-11)9-13(15)6-7-13/h3-5,8H,6-7,9,15H2,1-2H3. The molecule has 0 saturated heterocycles. The summed E-state index contributed by atoms with van der Waals surface area (Å²) in [4.78, 5) is 0. The summed E-state index contributed by atoms with van der Waals surface area (Å²) in [7, 11) is 0. The molecule has 2 rings (SSSR count). The van der Waals surface area contributed by atoms with E-state index in [1.54, 1.807) is 13.8 Å². The maximum Gasteiger partial charge on any atom is 0.130 e. The van der Waals surface area contributed by atoms with Gasteiger partial charge in [-0.05, 0) is 44.2 Å². The van der Waals surface area contributed by atoms with Gasteiger partial charge in [0, 0.05) is 5.54 Å². The molecule has 0 aliphatic heterocycles. The van der Waals surface area contributed by atoms with Gasteiger partial charge in [-0.2, -0.15) is 0 Å². The predicted molar refractivity (Wildman–Crippen MR) is 60.4 cm³/mol. The summed E-state index contributed by atoms with van der Waals surface area (Å²) in [5.74, 6) is 0. The van der Waals surface area contributed by atoms with Crippen molar-refractivity contribution >= 4 is 0 Å². The summed E-state index contributed by atoms with van der Waals surface area (Å²) in [6, 6.07) is 7.71. The Morgan fingerprint density at radius 3 is 2.60 bits per heavy atom. The first kappa shape index (κ1) is 10.6. The molecule has 0 atom stereocenters. The third-order valence-electron chi connectivity index (χ3n) is 3.06. The Labute approximate surface area is 90.5 Å². The Morgan fingerprint density at radius 2 is 2.07 bits per heavy atom. The Morgan fingerprint density at radius 1 is 1.40 bits per heavy atom. The van der Waals surface area contributed by atoms with Crippen LogP contribution in [-0.4, -0.2) is 5.54 Å². The molecule has 2 N–H and O–H groups in total. The van der Waals surface area contributed by atoms with Crippen molar-refractivity contribution in [2.45, 2.75) is 44.3 Å². The lowest BCUT2D eigenvalue weighted by Crippen LogP contribution is -2.24. The minimum absolute atomic E-state index is 0.000914. The molecule has 82 valence electrons. The normalized spacial score (nSPS) is 18.9. The van der Waals surface area contributed by atoms with Crippen molar-refractivity contribution in [1.82, 2.24) is 0 Å². The zero-order valence-electron chi connectivity index (χ0n) is 9.39. The fourth-order valence-electron chi connectivity index (χ4n) is 1.79. The highest BCUT2D eigenvalue weighted by Crippen LogP contribution is 2.36. The molecule has 1 nitrogen and oxygen atoms in total. The van der Waals surface area contributed by atoms with Gasteiger partial charge in [0.15, 0.2) is 0 Å². The van der Waals surface area contributed by atoms with Gasteiger partial charge in [-0.25, -0.2) is 4.39 Å². The van der Waals surface area contributed by atoms with E-state index in [4.69, 9.17) is 5.73 Å². The van der Waals surface area contributed by atoms with Gasteiger partial charge in [0.2, 0.25) is 0 Å². The molecule has 2 heteroatoms. The minimum Gasteiger partial charge on any atom is -0.325 e. The number of halogens is 1. The van der Waals surface area contributed by atoms with Crippen molar-refractivity contribution in [3.8, 4) is 0 Å². The number of nitrogens with two attached hydrogens (primary N) is 1. The average Bonchev–Trinajstić information content (AvgIpc) is 2.82. The van der Waals surface area contributed by atoms with Crippen LogP contribution in [-0.2, 0) is 12.1 Å². The van der Waals surface area contributed by atoms with E-state index in [2.05, 4.69) is 0 Å². The second-order valence-corrected chi connectivity index (χ2v) is 5.21. The molecular weight excluding hydrogens is 189 g/mol. The van der Waals surface area contributed by atoms with Crippen LogP contribution in [0.3, 0.4) is 0 Å². The molecule has 0 unspecified atom stereocenters. The summed E-state index contributed by atoms with van der Waals surface area (Å²) in [5.41, 5.74) is 6.67. The first-order valence-electron chi connectivity index (χ1n) is 5.46. The molecule has 0 amide bonds. The fraction of sp³-hybridized carbons (Fsp3) is 0.538. The van der Waals surface area contributed by atoms with Crippen LogP contribution in [0.15, 0.2) is 24.3 Å². The van der Waals surface area contributed by atoms with E-state index >= 15 is 0 Å². The number of benzene rings is 1. The molecule has 1 aliphatic carbocycles. The summed E-state index contributed by atoms with van der Waals surface area (Å²) >= 11 is 0. The van der Waals surface area contributed by atoms with Gasteiger partial charge in [0.1, 0.15) is 5.67 Å². The Kier molecular flexibility index (Phi) is 2.34. The molecule has 15 heavy (non-hydrogen) atoms. The number of hydrogen-bond acceptors (Lipinski definition) is 1. The Hall–Kier alpha value is -0.890. The Balaban J connectivity index is 2.19. The van der Waals surface area contributed by atoms with E-state index in [1.807, 2.05) is 24.3 Å². The van der Waals surface area contributed by atoms with E-state index < -0.39 is 5.67 Å². The van der Waals surface area contributed by atoms with E-state index in [1.165, 1.54) is 0 Å². The van der Waals surface area contributed by atoms with Crippen molar-refractivity contribution < 1.29 is 4.39 Å². The maximum atomic E-state index is 13.7. The highest BCUT2D eigenvalue weighted by molar-refractivity contribution is 5.29. The zero-order chi connectivity index (χ0) is 11.1. The van der Waals surface area contributed by atoms with Crippen molar-refractivity contribution in [3.05, 3.63) is 35.4 Å². The lowest BCUT2D eigenvalue weighted by Gasteiger charge is -2.16. The van der Waals surface area contributed by atoms with Crippen LogP contribution in [0.5, 0.6) is 0 Å². The third-order valence-corrected chi connectivity index (χ3v) is 3.06. The molecule has 1 fully saturated rings. The highest BCUT2D eigenvalue weighted by Gasteiger charge is 2.38.